The standard InChI is InChI=1S/C21H20BrCl2N5O2S/c1-11-8-14(5-6-15(11)22)26-18(30)10-32-21-28-27-19(29(21)3)12(2)25-20(31)13-4-7-16(23)17(24)9-13/h4-9,12H,10H2,1-3H3,(H,25,31)(H,26,30)/t12-/m0/s1. The van der Waals surface area contributed by atoms with Crippen LogP contribution in [-0.4, -0.2) is 32.3 Å². The van der Waals surface area contributed by atoms with Gasteiger partial charge in [0.15, 0.2) is 11.0 Å². The zero-order valence-electron chi connectivity index (χ0n) is 17.4. The van der Waals surface area contributed by atoms with Gasteiger partial charge < -0.3 is 15.2 Å². The lowest BCUT2D eigenvalue weighted by Gasteiger charge is -2.14. The van der Waals surface area contributed by atoms with Gasteiger partial charge in [-0.15, -0.1) is 10.2 Å². The lowest BCUT2D eigenvalue weighted by atomic mass is 10.2. The molecular weight excluding hydrogens is 537 g/mol. The van der Waals surface area contributed by atoms with Crippen molar-refractivity contribution in [1.82, 2.24) is 20.1 Å². The van der Waals surface area contributed by atoms with Gasteiger partial charge in [0.2, 0.25) is 5.91 Å². The molecule has 0 fully saturated rings. The van der Waals surface area contributed by atoms with Crippen LogP contribution in [0.2, 0.25) is 10.0 Å². The third-order valence-corrected chi connectivity index (χ3v) is 7.21. The third-order valence-electron chi connectivity index (χ3n) is 4.56. The molecule has 168 valence electrons. The summed E-state index contributed by atoms with van der Waals surface area (Å²) in [4.78, 5) is 24.8. The van der Waals surface area contributed by atoms with Crippen molar-refractivity contribution in [3.05, 3.63) is 67.9 Å². The van der Waals surface area contributed by atoms with Crippen molar-refractivity contribution < 1.29 is 9.59 Å². The summed E-state index contributed by atoms with van der Waals surface area (Å²) in [5.74, 6) is 0.273. The van der Waals surface area contributed by atoms with Gasteiger partial charge in [0.25, 0.3) is 5.91 Å². The SMILES string of the molecule is Cc1cc(NC(=O)CSc2nnc([C@H](C)NC(=O)c3ccc(Cl)c(Cl)c3)n2C)ccc1Br. The van der Waals surface area contributed by atoms with Gasteiger partial charge in [0.1, 0.15) is 0 Å². The highest BCUT2D eigenvalue weighted by Crippen LogP contribution is 2.24. The molecule has 0 saturated carbocycles. The van der Waals surface area contributed by atoms with Gasteiger partial charge in [-0.1, -0.05) is 50.9 Å². The largest absolute Gasteiger partial charge is 0.342 e. The van der Waals surface area contributed by atoms with Crippen LogP contribution in [0.15, 0.2) is 46.0 Å². The fraction of sp³-hybridized carbons (Fsp3) is 0.238. The number of amides is 2. The topological polar surface area (TPSA) is 88.9 Å². The summed E-state index contributed by atoms with van der Waals surface area (Å²) in [6, 6.07) is 9.88. The number of anilines is 1. The molecule has 3 aromatic rings. The minimum atomic E-state index is -0.414. The number of rotatable bonds is 7. The smallest absolute Gasteiger partial charge is 0.251 e. The van der Waals surface area contributed by atoms with E-state index in [0.29, 0.717) is 26.6 Å². The van der Waals surface area contributed by atoms with Gasteiger partial charge in [-0.2, -0.15) is 0 Å². The Labute approximate surface area is 208 Å². The number of halogens is 3. The predicted molar refractivity (Wildman–Crippen MR) is 132 cm³/mol. The van der Waals surface area contributed by atoms with E-state index in [1.54, 1.807) is 30.7 Å². The van der Waals surface area contributed by atoms with Crippen LogP contribution >= 0.6 is 50.9 Å². The molecule has 7 nitrogen and oxygen atoms in total. The fourth-order valence-corrected chi connectivity index (χ4v) is 4.12. The average molecular weight is 557 g/mol. The van der Waals surface area contributed by atoms with E-state index in [-0.39, 0.29) is 17.6 Å². The van der Waals surface area contributed by atoms with E-state index in [9.17, 15) is 9.59 Å². The molecule has 0 spiro atoms. The van der Waals surface area contributed by atoms with Crippen molar-refractivity contribution in [1.29, 1.82) is 0 Å². The van der Waals surface area contributed by atoms with Gasteiger partial charge in [-0.25, -0.2) is 0 Å². The van der Waals surface area contributed by atoms with Gasteiger partial charge in [0.05, 0.1) is 21.8 Å². The number of carbonyl (C=O) groups is 2. The van der Waals surface area contributed by atoms with Crippen LogP contribution in [-0.2, 0) is 11.8 Å². The summed E-state index contributed by atoms with van der Waals surface area (Å²) in [5.41, 5.74) is 2.15. The van der Waals surface area contributed by atoms with E-state index in [4.69, 9.17) is 23.2 Å². The maximum absolute atomic E-state index is 12.5. The zero-order valence-corrected chi connectivity index (χ0v) is 21.4. The van der Waals surface area contributed by atoms with Crippen LogP contribution in [0.1, 0.15) is 34.7 Å². The summed E-state index contributed by atoms with van der Waals surface area (Å²) in [7, 11) is 1.79. The lowest BCUT2D eigenvalue weighted by Crippen LogP contribution is -2.28. The molecule has 0 saturated heterocycles. The molecule has 32 heavy (non-hydrogen) atoms. The van der Waals surface area contributed by atoms with E-state index in [2.05, 4.69) is 36.8 Å². The minimum absolute atomic E-state index is 0.151. The molecule has 11 heteroatoms. The number of aryl methyl sites for hydroxylation is 1. The number of nitrogens with one attached hydrogen (secondary N) is 2. The summed E-state index contributed by atoms with van der Waals surface area (Å²) >= 11 is 16.6. The van der Waals surface area contributed by atoms with Gasteiger partial charge in [0, 0.05) is 22.8 Å². The molecule has 1 atom stereocenters. The van der Waals surface area contributed by atoms with Crippen molar-refractivity contribution in [3.63, 3.8) is 0 Å². The Kier molecular flexibility index (Phi) is 8.21. The number of aromatic nitrogens is 3. The van der Waals surface area contributed by atoms with Crippen molar-refractivity contribution in [2.45, 2.75) is 25.0 Å². The van der Waals surface area contributed by atoms with Crippen LogP contribution < -0.4 is 10.6 Å². The molecule has 1 heterocycles. The second-order valence-corrected chi connectivity index (χ2v) is 9.64. The molecule has 0 aliphatic carbocycles. The Morgan fingerprint density at radius 2 is 1.91 bits per heavy atom. The molecule has 0 unspecified atom stereocenters. The molecule has 0 aliphatic rings. The molecule has 0 aliphatic heterocycles. The first-order valence-corrected chi connectivity index (χ1v) is 12.0. The predicted octanol–water partition coefficient (Wildman–Crippen LogP) is 5.41. The number of benzene rings is 2. The van der Waals surface area contributed by atoms with Gasteiger partial charge in [-0.05, 0) is 55.8 Å². The minimum Gasteiger partial charge on any atom is -0.342 e. The van der Waals surface area contributed by atoms with Crippen LogP contribution in [0.4, 0.5) is 5.69 Å². The molecule has 0 bridgehead atoms. The zero-order chi connectivity index (χ0) is 23.4. The third kappa shape index (κ3) is 6.04. The van der Waals surface area contributed by atoms with E-state index < -0.39 is 6.04 Å². The number of thioether (sulfide) groups is 1. The van der Waals surface area contributed by atoms with Crippen LogP contribution in [0.3, 0.4) is 0 Å². The first-order valence-electron chi connectivity index (χ1n) is 9.49. The molecule has 2 amide bonds. The molecule has 3 rings (SSSR count). The van der Waals surface area contributed by atoms with E-state index in [0.717, 1.165) is 15.7 Å². The molecular formula is C21H20BrCl2N5O2S. The summed E-state index contributed by atoms with van der Waals surface area (Å²) < 4.78 is 2.73. The lowest BCUT2D eigenvalue weighted by molar-refractivity contribution is -0.113. The van der Waals surface area contributed by atoms with Crippen molar-refractivity contribution in [2.24, 2.45) is 7.05 Å². The van der Waals surface area contributed by atoms with Gasteiger partial charge >= 0.3 is 0 Å². The van der Waals surface area contributed by atoms with Crippen molar-refractivity contribution in [2.75, 3.05) is 11.1 Å². The Hall–Kier alpha value is -2.07. The van der Waals surface area contributed by atoms with E-state index >= 15 is 0 Å². The second-order valence-electron chi connectivity index (χ2n) is 7.02. The Morgan fingerprint density at radius 1 is 1.16 bits per heavy atom. The molecule has 2 N–H and O–H groups in total. The highest BCUT2D eigenvalue weighted by molar-refractivity contribution is 9.10. The molecule has 2 aromatic carbocycles. The Balaban J connectivity index is 1.59. The Bertz CT molecular complexity index is 1170. The monoisotopic (exact) mass is 555 g/mol. The summed E-state index contributed by atoms with van der Waals surface area (Å²) in [5, 5.41) is 15.3. The summed E-state index contributed by atoms with van der Waals surface area (Å²) in [6.45, 7) is 3.76. The first kappa shape index (κ1) is 24.6. The van der Waals surface area contributed by atoms with Crippen LogP contribution in [0.5, 0.6) is 0 Å². The fourth-order valence-electron chi connectivity index (χ4n) is 2.86. The second kappa shape index (κ2) is 10.7. The van der Waals surface area contributed by atoms with Gasteiger partial charge in [-0.3, -0.25) is 9.59 Å². The van der Waals surface area contributed by atoms with E-state index in [1.165, 1.54) is 17.8 Å². The highest BCUT2D eigenvalue weighted by atomic mass is 79.9. The average Bonchev–Trinajstić information content (AvgIpc) is 3.11. The first-order chi connectivity index (χ1) is 15.2. The molecule has 0 radical (unpaired) electrons. The van der Waals surface area contributed by atoms with Crippen LogP contribution in [0, 0.1) is 6.92 Å². The van der Waals surface area contributed by atoms with Crippen molar-refractivity contribution in [3.8, 4) is 0 Å². The Morgan fingerprint density at radius 3 is 2.59 bits per heavy atom. The summed E-state index contributed by atoms with van der Waals surface area (Å²) in [6.07, 6.45) is 0. The normalized spacial score (nSPS) is 11.8. The maximum Gasteiger partial charge on any atom is 0.251 e. The van der Waals surface area contributed by atoms with Crippen LogP contribution in [0.25, 0.3) is 0 Å². The number of carbonyl (C=O) groups excluding carboxylic acids is 2. The van der Waals surface area contributed by atoms with E-state index in [1.807, 2.05) is 25.1 Å². The number of hydrogen-bond donors (Lipinski definition) is 2. The number of nitrogens with zero attached hydrogens (tertiary/aromatic N) is 3. The van der Waals surface area contributed by atoms with Crippen molar-refractivity contribution >= 4 is 68.4 Å². The highest BCUT2D eigenvalue weighted by Gasteiger charge is 2.19. The quantitative estimate of drug-likeness (QED) is 0.379. The molecule has 1 aromatic heterocycles. The maximum atomic E-state index is 12.5. The number of hydrogen-bond acceptors (Lipinski definition) is 5.